The third-order valence-corrected chi connectivity index (χ3v) is 2.07. The zero-order chi connectivity index (χ0) is 11.6. The molecule has 1 N–H and O–H groups in total. The molecule has 0 aromatic heterocycles. The third kappa shape index (κ3) is 13.7. The monoisotopic (exact) mass is 214 g/mol. The highest BCUT2D eigenvalue weighted by Crippen LogP contribution is 2.09. The van der Waals surface area contributed by atoms with Crippen LogP contribution in [-0.2, 0) is 4.74 Å². The number of rotatable bonds is 8. The van der Waals surface area contributed by atoms with Crippen molar-refractivity contribution in [2.45, 2.75) is 58.5 Å². The Labute approximate surface area is 94.3 Å². The molecule has 0 atom stereocenters. The van der Waals surface area contributed by atoms with Gasteiger partial charge in [-0.3, -0.25) is 0 Å². The predicted octanol–water partition coefficient (Wildman–Crippen LogP) is 3.30. The minimum atomic E-state index is 0.00383. The van der Waals surface area contributed by atoms with Gasteiger partial charge in [0.15, 0.2) is 0 Å². The number of unbranched alkanes of at least 4 members (excludes halogenated alkanes) is 4. The summed E-state index contributed by atoms with van der Waals surface area (Å²) in [6, 6.07) is 0. The average molecular weight is 214 g/mol. The van der Waals surface area contributed by atoms with Crippen molar-refractivity contribution >= 4 is 0 Å². The molecule has 0 unspecified atom stereocenters. The van der Waals surface area contributed by atoms with E-state index in [0.717, 1.165) is 19.4 Å². The molecule has 0 rings (SSSR count). The molecule has 0 bridgehead atoms. The van der Waals surface area contributed by atoms with Crippen LogP contribution in [0.5, 0.6) is 0 Å². The Morgan fingerprint density at radius 3 is 2.27 bits per heavy atom. The van der Waals surface area contributed by atoms with Crippen molar-refractivity contribution < 1.29 is 9.84 Å². The van der Waals surface area contributed by atoms with Crippen molar-refractivity contribution in [2.75, 3.05) is 13.2 Å². The molecule has 0 spiro atoms. The van der Waals surface area contributed by atoms with Crippen LogP contribution in [0.15, 0.2) is 12.2 Å². The first-order chi connectivity index (χ1) is 7.06. The molecule has 0 aliphatic carbocycles. The summed E-state index contributed by atoms with van der Waals surface area (Å²) in [7, 11) is 0. The minimum Gasteiger partial charge on any atom is -0.392 e. The fraction of sp³-hybridized carbons (Fsp3) is 0.846. The van der Waals surface area contributed by atoms with E-state index in [-0.39, 0.29) is 12.2 Å². The lowest BCUT2D eigenvalue weighted by atomic mass is 10.1. The van der Waals surface area contributed by atoms with E-state index in [1.807, 2.05) is 12.2 Å². The van der Waals surface area contributed by atoms with Gasteiger partial charge in [0, 0.05) is 6.61 Å². The number of ether oxygens (including phenoxy) is 1. The van der Waals surface area contributed by atoms with E-state index in [1.165, 1.54) is 19.3 Å². The van der Waals surface area contributed by atoms with Crippen LogP contribution in [0.1, 0.15) is 52.9 Å². The summed E-state index contributed by atoms with van der Waals surface area (Å²) in [4.78, 5) is 0. The van der Waals surface area contributed by atoms with Gasteiger partial charge in [-0.05, 0) is 40.0 Å². The first-order valence-corrected chi connectivity index (χ1v) is 5.96. The van der Waals surface area contributed by atoms with Gasteiger partial charge in [-0.2, -0.15) is 0 Å². The second-order valence-corrected chi connectivity index (χ2v) is 4.82. The highest BCUT2D eigenvalue weighted by molar-refractivity contribution is 4.80. The number of aliphatic hydroxyl groups excluding tert-OH is 1. The summed E-state index contributed by atoms with van der Waals surface area (Å²) in [5.74, 6) is 0. The molecule has 0 fully saturated rings. The SMILES string of the molecule is CC(C)(C)OCCCCCCC=CCO. The maximum absolute atomic E-state index is 8.51. The maximum atomic E-state index is 8.51. The first kappa shape index (κ1) is 14.7. The number of hydrogen-bond donors (Lipinski definition) is 1. The van der Waals surface area contributed by atoms with Gasteiger partial charge < -0.3 is 9.84 Å². The van der Waals surface area contributed by atoms with Crippen LogP contribution < -0.4 is 0 Å². The quantitative estimate of drug-likeness (QED) is 0.496. The highest BCUT2D eigenvalue weighted by atomic mass is 16.5. The predicted molar refractivity (Wildman–Crippen MR) is 65.0 cm³/mol. The Bertz CT molecular complexity index is 156. The van der Waals surface area contributed by atoms with E-state index in [1.54, 1.807) is 0 Å². The van der Waals surface area contributed by atoms with Gasteiger partial charge >= 0.3 is 0 Å². The van der Waals surface area contributed by atoms with Gasteiger partial charge in [-0.1, -0.05) is 25.0 Å². The lowest BCUT2D eigenvalue weighted by molar-refractivity contribution is -0.00473. The summed E-state index contributed by atoms with van der Waals surface area (Å²) < 4.78 is 5.63. The van der Waals surface area contributed by atoms with Crippen molar-refractivity contribution in [3.63, 3.8) is 0 Å². The van der Waals surface area contributed by atoms with Crippen molar-refractivity contribution in [1.82, 2.24) is 0 Å². The van der Waals surface area contributed by atoms with Gasteiger partial charge in [0.1, 0.15) is 0 Å². The van der Waals surface area contributed by atoms with Gasteiger partial charge in [-0.15, -0.1) is 0 Å². The van der Waals surface area contributed by atoms with Crippen molar-refractivity contribution in [3.8, 4) is 0 Å². The van der Waals surface area contributed by atoms with Crippen molar-refractivity contribution in [1.29, 1.82) is 0 Å². The van der Waals surface area contributed by atoms with Crippen molar-refractivity contribution in [2.24, 2.45) is 0 Å². The molecule has 0 amide bonds. The fourth-order valence-corrected chi connectivity index (χ4v) is 1.29. The van der Waals surface area contributed by atoms with Gasteiger partial charge in [0.2, 0.25) is 0 Å². The van der Waals surface area contributed by atoms with Crippen LogP contribution in [0, 0.1) is 0 Å². The normalized spacial score (nSPS) is 12.5. The summed E-state index contributed by atoms with van der Waals surface area (Å²) in [6.07, 6.45) is 9.80. The third-order valence-electron chi connectivity index (χ3n) is 2.07. The van der Waals surface area contributed by atoms with Crippen LogP contribution >= 0.6 is 0 Å². The van der Waals surface area contributed by atoms with E-state index in [0.29, 0.717) is 0 Å². The molecule has 0 saturated carbocycles. The Morgan fingerprint density at radius 2 is 1.67 bits per heavy atom. The smallest absolute Gasteiger partial charge is 0.0612 e. The Hall–Kier alpha value is -0.340. The molecule has 0 aromatic rings. The van der Waals surface area contributed by atoms with Crippen LogP contribution in [0.2, 0.25) is 0 Å². The van der Waals surface area contributed by atoms with Crippen LogP contribution in [0.4, 0.5) is 0 Å². The lowest BCUT2D eigenvalue weighted by Crippen LogP contribution is -2.19. The standard InChI is InChI=1S/C13H26O2/c1-13(2,3)15-12-10-8-6-4-5-7-9-11-14/h7,9,14H,4-6,8,10-12H2,1-3H3. The highest BCUT2D eigenvalue weighted by Gasteiger charge is 2.08. The van der Waals surface area contributed by atoms with Gasteiger partial charge in [-0.25, -0.2) is 0 Å². The van der Waals surface area contributed by atoms with E-state index >= 15 is 0 Å². The van der Waals surface area contributed by atoms with Crippen LogP contribution in [0.3, 0.4) is 0 Å². The molecule has 2 heteroatoms. The summed E-state index contributed by atoms with van der Waals surface area (Å²) >= 11 is 0. The number of hydrogen-bond acceptors (Lipinski definition) is 2. The van der Waals surface area contributed by atoms with E-state index < -0.39 is 0 Å². The molecule has 0 heterocycles. The second-order valence-electron chi connectivity index (χ2n) is 4.82. The van der Waals surface area contributed by atoms with Gasteiger partial charge in [0.25, 0.3) is 0 Å². The average Bonchev–Trinajstić information content (AvgIpc) is 2.14. The molecular weight excluding hydrogens is 188 g/mol. The number of aliphatic hydroxyl groups is 1. The topological polar surface area (TPSA) is 29.5 Å². The van der Waals surface area contributed by atoms with E-state index in [2.05, 4.69) is 20.8 Å². The van der Waals surface area contributed by atoms with Crippen LogP contribution in [0.25, 0.3) is 0 Å². The Morgan fingerprint density at radius 1 is 1.00 bits per heavy atom. The Balaban J connectivity index is 3.09. The maximum Gasteiger partial charge on any atom is 0.0612 e. The molecule has 0 aliphatic heterocycles. The summed E-state index contributed by atoms with van der Waals surface area (Å²) in [5, 5.41) is 8.51. The fourth-order valence-electron chi connectivity index (χ4n) is 1.29. The summed E-state index contributed by atoms with van der Waals surface area (Å²) in [5.41, 5.74) is 0.00383. The molecule has 0 aliphatic rings. The molecule has 0 aromatic carbocycles. The lowest BCUT2D eigenvalue weighted by Gasteiger charge is -2.19. The molecule has 0 saturated heterocycles. The Kier molecular flexibility index (Phi) is 8.73. The van der Waals surface area contributed by atoms with E-state index in [9.17, 15) is 0 Å². The zero-order valence-corrected chi connectivity index (χ0v) is 10.5. The number of allylic oxidation sites excluding steroid dienone is 1. The van der Waals surface area contributed by atoms with Crippen LogP contribution in [-0.4, -0.2) is 23.9 Å². The minimum absolute atomic E-state index is 0.00383. The molecule has 0 radical (unpaired) electrons. The first-order valence-electron chi connectivity index (χ1n) is 5.96. The molecule has 90 valence electrons. The summed E-state index contributed by atoms with van der Waals surface area (Å²) in [6.45, 7) is 7.31. The van der Waals surface area contributed by atoms with Gasteiger partial charge in [0.05, 0.1) is 12.2 Å². The van der Waals surface area contributed by atoms with Crippen molar-refractivity contribution in [3.05, 3.63) is 12.2 Å². The zero-order valence-electron chi connectivity index (χ0n) is 10.5. The van der Waals surface area contributed by atoms with E-state index in [4.69, 9.17) is 9.84 Å². The molecule has 2 nitrogen and oxygen atoms in total. The second kappa shape index (κ2) is 8.93. The molecule has 15 heavy (non-hydrogen) atoms. The largest absolute Gasteiger partial charge is 0.392 e. The molecular formula is C13H26O2.